The molecule has 0 aromatic carbocycles. The Morgan fingerprint density at radius 1 is 1.30 bits per heavy atom. The van der Waals surface area contributed by atoms with E-state index in [0.29, 0.717) is 0 Å². The van der Waals surface area contributed by atoms with Crippen molar-refractivity contribution in [2.24, 2.45) is 7.05 Å². The molecular weight excluding hydrogens is 250 g/mol. The topological polar surface area (TPSA) is 43.0 Å². The van der Waals surface area contributed by atoms with Crippen LogP contribution in [-0.2, 0) is 13.5 Å². The molecule has 0 bridgehead atoms. The minimum absolute atomic E-state index is 0.280. The highest BCUT2D eigenvalue weighted by Crippen LogP contribution is 2.25. The monoisotopic (exact) mass is 275 g/mol. The van der Waals surface area contributed by atoms with Gasteiger partial charge >= 0.3 is 0 Å². The molecule has 2 aromatic heterocycles. The maximum atomic E-state index is 5.69. The van der Waals surface area contributed by atoms with Crippen LogP contribution in [0.25, 0.3) is 0 Å². The molecule has 2 rings (SSSR count). The van der Waals surface area contributed by atoms with Crippen molar-refractivity contribution in [3.05, 3.63) is 40.6 Å². The summed E-state index contributed by atoms with van der Waals surface area (Å²) in [6.45, 7) is 9.27. The van der Waals surface area contributed by atoms with Gasteiger partial charge in [0.25, 0.3) is 0 Å². The summed E-state index contributed by atoms with van der Waals surface area (Å²) in [7, 11) is 2.01. The van der Waals surface area contributed by atoms with Crippen LogP contribution in [-0.4, -0.2) is 16.3 Å². The standard InChI is InChI=1S/C16H25N3O/c1-6-7-17-16(15-9-12(3)20-13(15)4)10-14-8-11(2)18-19(14)5/h8-9,16-17H,6-7,10H2,1-5H3. The number of aryl methyl sites for hydroxylation is 4. The third kappa shape index (κ3) is 3.31. The van der Waals surface area contributed by atoms with Crippen molar-refractivity contribution in [1.82, 2.24) is 15.1 Å². The second-order valence-electron chi connectivity index (χ2n) is 5.48. The van der Waals surface area contributed by atoms with Gasteiger partial charge in [-0.05, 0) is 45.9 Å². The van der Waals surface area contributed by atoms with Gasteiger partial charge in [0.1, 0.15) is 11.5 Å². The summed E-state index contributed by atoms with van der Waals surface area (Å²) in [4.78, 5) is 0. The summed E-state index contributed by atoms with van der Waals surface area (Å²) in [5, 5.41) is 8.05. The lowest BCUT2D eigenvalue weighted by molar-refractivity contribution is 0.475. The molecule has 1 atom stereocenters. The first-order valence-electron chi connectivity index (χ1n) is 7.31. The Balaban J connectivity index is 2.23. The van der Waals surface area contributed by atoms with Crippen molar-refractivity contribution in [2.45, 2.75) is 46.6 Å². The number of hydrogen-bond acceptors (Lipinski definition) is 3. The fourth-order valence-corrected chi connectivity index (χ4v) is 2.67. The zero-order chi connectivity index (χ0) is 14.7. The average Bonchev–Trinajstić information content (AvgIpc) is 2.87. The van der Waals surface area contributed by atoms with E-state index >= 15 is 0 Å². The number of rotatable bonds is 6. The molecular formula is C16H25N3O. The maximum Gasteiger partial charge on any atom is 0.105 e. The first kappa shape index (κ1) is 14.9. The van der Waals surface area contributed by atoms with E-state index in [-0.39, 0.29) is 6.04 Å². The molecule has 2 heterocycles. The summed E-state index contributed by atoms with van der Waals surface area (Å²) < 4.78 is 7.66. The normalized spacial score (nSPS) is 12.8. The van der Waals surface area contributed by atoms with Crippen molar-refractivity contribution in [3.8, 4) is 0 Å². The van der Waals surface area contributed by atoms with Crippen LogP contribution in [0.1, 0.15) is 47.9 Å². The van der Waals surface area contributed by atoms with E-state index in [4.69, 9.17) is 4.42 Å². The summed E-state index contributed by atoms with van der Waals surface area (Å²) in [5.41, 5.74) is 3.57. The Morgan fingerprint density at radius 3 is 2.55 bits per heavy atom. The molecule has 110 valence electrons. The molecule has 20 heavy (non-hydrogen) atoms. The van der Waals surface area contributed by atoms with Crippen molar-refractivity contribution in [1.29, 1.82) is 0 Å². The van der Waals surface area contributed by atoms with Crippen LogP contribution in [0, 0.1) is 20.8 Å². The predicted octanol–water partition coefficient (Wildman–Crippen LogP) is 3.22. The molecule has 0 aliphatic carbocycles. The Morgan fingerprint density at radius 2 is 2.05 bits per heavy atom. The van der Waals surface area contributed by atoms with E-state index in [2.05, 4.69) is 29.5 Å². The lowest BCUT2D eigenvalue weighted by Crippen LogP contribution is -2.25. The van der Waals surface area contributed by atoms with Crippen LogP contribution in [0.3, 0.4) is 0 Å². The largest absolute Gasteiger partial charge is 0.466 e. The lowest BCUT2D eigenvalue weighted by atomic mass is 10.0. The number of nitrogens with zero attached hydrogens (tertiary/aromatic N) is 2. The summed E-state index contributed by atoms with van der Waals surface area (Å²) in [5.74, 6) is 1.98. The molecule has 2 aromatic rings. The van der Waals surface area contributed by atoms with Gasteiger partial charge in [-0.1, -0.05) is 6.92 Å². The predicted molar refractivity (Wildman–Crippen MR) is 80.9 cm³/mol. The smallest absolute Gasteiger partial charge is 0.105 e. The molecule has 0 fully saturated rings. The SMILES string of the molecule is CCCNC(Cc1cc(C)nn1C)c1cc(C)oc1C. The van der Waals surface area contributed by atoms with Crippen LogP contribution in [0.4, 0.5) is 0 Å². The van der Waals surface area contributed by atoms with E-state index in [1.807, 2.05) is 32.5 Å². The third-order valence-electron chi connectivity index (χ3n) is 3.61. The highest BCUT2D eigenvalue weighted by atomic mass is 16.3. The fourth-order valence-electron chi connectivity index (χ4n) is 2.67. The molecule has 4 heteroatoms. The van der Waals surface area contributed by atoms with Crippen molar-refractivity contribution in [3.63, 3.8) is 0 Å². The van der Waals surface area contributed by atoms with Crippen LogP contribution in [0.5, 0.6) is 0 Å². The molecule has 0 amide bonds. The van der Waals surface area contributed by atoms with Crippen LogP contribution in [0.2, 0.25) is 0 Å². The van der Waals surface area contributed by atoms with Crippen LogP contribution >= 0.6 is 0 Å². The molecule has 0 saturated heterocycles. The van der Waals surface area contributed by atoms with Gasteiger partial charge in [0.05, 0.1) is 5.69 Å². The number of nitrogens with one attached hydrogen (secondary N) is 1. The number of furan rings is 1. The molecule has 0 saturated carbocycles. The molecule has 4 nitrogen and oxygen atoms in total. The van der Waals surface area contributed by atoms with Gasteiger partial charge in [-0.25, -0.2) is 0 Å². The van der Waals surface area contributed by atoms with E-state index in [9.17, 15) is 0 Å². The summed E-state index contributed by atoms with van der Waals surface area (Å²) in [6.07, 6.45) is 2.05. The fraction of sp³-hybridized carbons (Fsp3) is 0.562. The minimum atomic E-state index is 0.280. The number of aromatic nitrogens is 2. The van der Waals surface area contributed by atoms with E-state index in [1.165, 1.54) is 11.3 Å². The highest BCUT2D eigenvalue weighted by Gasteiger charge is 2.18. The van der Waals surface area contributed by atoms with Crippen molar-refractivity contribution in [2.75, 3.05) is 6.54 Å². The van der Waals surface area contributed by atoms with Crippen molar-refractivity contribution >= 4 is 0 Å². The van der Waals surface area contributed by atoms with Gasteiger partial charge in [-0.3, -0.25) is 4.68 Å². The van der Waals surface area contributed by atoms with E-state index in [1.54, 1.807) is 0 Å². The molecule has 1 unspecified atom stereocenters. The van der Waals surface area contributed by atoms with Gasteiger partial charge in [-0.15, -0.1) is 0 Å². The van der Waals surface area contributed by atoms with Crippen molar-refractivity contribution < 1.29 is 4.42 Å². The third-order valence-corrected chi connectivity index (χ3v) is 3.61. The molecule has 0 radical (unpaired) electrons. The second kappa shape index (κ2) is 6.27. The van der Waals surface area contributed by atoms with Crippen LogP contribution in [0.15, 0.2) is 16.5 Å². The molecule has 0 aliphatic heterocycles. The maximum absolute atomic E-state index is 5.69. The zero-order valence-electron chi connectivity index (χ0n) is 13.2. The Hall–Kier alpha value is -1.55. The van der Waals surface area contributed by atoms with Gasteiger partial charge in [0.2, 0.25) is 0 Å². The average molecular weight is 275 g/mol. The molecule has 0 spiro atoms. The first-order chi connectivity index (χ1) is 9.51. The van der Waals surface area contributed by atoms with Gasteiger partial charge < -0.3 is 9.73 Å². The minimum Gasteiger partial charge on any atom is -0.466 e. The quantitative estimate of drug-likeness (QED) is 0.880. The summed E-state index contributed by atoms with van der Waals surface area (Å²) >= 11 is 0. The van der Waals surface area contributed by atoms with Gasteiger partial charge in [0, 0.05) is 30.8 Å². The molecule has 0 aliphatic rings. The van der Waals surface area contributed by atoms with Gasteiger partial charge in [-0.2, -0.15) is 5.10 Å². The second-order valence-corrected chi connectivity index (χ2v) is 5.48. The van der Waals surface area contributed by atoms with Gasteiger partial charge in [0.15, 0.2) is 0 Å². The Bertz CT molecular complexity index is 568. The highest BCUT2D eigenvalue weighted by molar-refractivity contribution is 5.26. The lowest BCUT2D eigenvalue weighted by Gasteiger charge is -2.18. The zero-order valence-corrected chi connectivity index (χ0v) is 13.2. The number of hydrogen-bond donors (Lipinski definition) is 1. The van der Waals surface area contributed by atoms with E-state index in [0.717, 1.165) is 36.6 Å². The van der Waals surface area contributed by atoms with E-state index < -0.39 is 0 Å². The molecule has 1 N–H and O–H groups in total. The first-order valence-corrected chi connectivity index (χ1v) is 7.31. The Labute approximate surface area is 121 Å². The summed E-state index contributed by atoms with van der Waals surface area (Å²) in [6, 6.07) is 4.58. The Kier molecular flexibility index (Phi) is 4.65. The van der Waals surface area contributed by atoms with Crippen LogP contribution < -0.4 is 5.32 Å².